The van der Waals surface area contributed by atoms with Gasteiger partial charge in [-0.2, -0.15) is 0 Å². The number of likely N-dealkylation sites (tertiary alicyclic amines) is 1. The third kappa shape index (κ3) is 3.74. The molecule has 23 heavy (non-hydrogen) atoms. The van der Waals surface area contributed by atoms with Crippen LogP contribution >= 0.6 is 0 Å². The number of carbonyl (C=O) groups is 2. The molecular formula is C18H19N3O2. The highest BCUT2D eigenvalue weighted by atomic mass is 16.2. The summed E-state index contributed by atoms with van der Waals surface area (Å²) in [5.74, 6) is -0.0234. The number of aromatic nitrogens is 1. The van der Waals surface area contributed by atoms with E-state index in [2.05, 4.69) is 10.3 Å². The summed E-state index contributed by atoms with van der Waals surface area (Å²) in [5, 5.41) is 3.05. The molecule has 1 fully saturated rings. The number of amides is 2. The van der Waals surface area contributed by atoms with Gasteiger partial charge >= 0.3 is 0 Å². The lowest BCUT2D eigenvalue weighted by Gasteiger charge is -2.32. The van der Waals surface area contributed by atoms with Gasteiger partial charge in [-0.05, 0) is 37.1 Å². The van der Waals surface area contributed by atoms with Gasteiger partial charge in [0.25, 0.3) is 11.8 Å². The van der Waals surface area contributed by atoms with Crippen molar-refractivity contribution < 1.29 is 9.59 Å². The van der Waals surface area contributed by atoms with Gasteiger partial charge in [-0.25, -0.2) is 0 Å². The van der Waals surface area contributed by atoms with Gasteiger partial charge in [0.15, 0.2) is 0 Å². The molecule has 0 saturated carbocycles. The fourth-order valence-corrected chi connectivity index (χ4v) is 2.76. The lowest BCUT2D eigenvalue weighted by molar-refractivity contribution is 0.0698. The first-order chi connectivity index (χ1) is 11.2. The number of hydrogen-bond donors (Lipinski definition) is 1. The second-order valence-electron chi connectivity index (χ2n) is 5.64. The van der Waals surface area contributed by atoms with Gasteiger partial charge < -0.3 is 10.2 Å². The van der Waals surface area contributed by atoms with E-state index >= 15 is 0 Å². The third-order valence-electron chi connectivity index (χ3n) is 4.08. The quantitative estimate of drug-likeness (QED) is 0.944. The molecule has 1 aromatic carbocycles. The maximum absolute atomic E-state index is 12.4. The highest BCUT2D eigenvalue weighted by molar-refractivity contribution is 5.95. The highest BCUT2D eigenvalue weighted by Crippen LogP contribution is 2.14. The van der Waals surface area contributed by atoms with Crippen LogP contribution in [0.5, 0.6) is 0 Å². The minimum absolute atomic E-state index is 0.0280. The van der Waals surface area contributed by atoms with E-state index in [0.717, 1.165) is 12.8 Å². The molecule has 0 spiro atoms. The average Bonchev–Trinajstić information content (AvgIpc) is 2.63. The Bertz CT molecular complexity index is 665. The molecule has 1 N–H and O–H groups in total. The predicted molar refractivity (Wildman–Crippen MR) is 87.1 cm³/mol. The molecule has 2 amide bonds. The molecule has 0 radical (unpaired) electrons. The normalized spacial score (nSPS) is 15.2. The average molecular weight is 309 g/mol. The van der Waals surface area contributed by atoms with E-state index in [9.17, 15) is 9.59 Å². The summed E-state index contributed by atoms with van der Waals surface area (Å²) in [7, 11) is 0. The number of piperidine rings is 1. The van der Waals surface area contributed by atoms with Crippen LogP contribution in [0.15, 0.2) is 54.9 Å². The van der Waals surface area contributed by atoms with E-state index < -0.39 is 0 Å². The largest absolute Gasteiger partial charge is 0.349 e. The minimum atomic E-state index is -0.0514. The number of nitrogens with zero attached hydrogens (tertiary/aromatic N) is 2. The summed E-state index contributed by atoms with van der Waals surface area (Å²) in [6.07, 6.45) is 4.80. The van der Waals surface area contributed by atoms with Crippen molar-refractivity contribution in [3.05, 3.63) is 66.0 Å². The van der Waals surface area contributed by atoms with Gasteiger partial charge in [-0.1, -0.05) is 18.2 Å². The number of pyridine rings is 1. The summed E-state index contributed by atoms with van der Waals surface area (Å²) in [5.41, 5.74) is 1.33. The first-order valence-electron chi connectivity index (χ1n) is 7.79. The predicted octanol–water partition coefficient (Wildman–Crippen LogP) is 2.12. The van der Waals surface area contributed by atoms with Crippen LogP contribution in [0.3, 0.4) is 0 Å². The monoisotopic (exact) mass is 309 g/mol. The number of rotatable bonds is 3. The maximum Gasteiger partial charge on any atom is 0.253 e. The van der Waals surface area contributed by atoms with Crippen LogP contribution in [0.2, 0.25) is 0 Å². The molecule has 2 aromatic rings. The van der Waals surface area contributed by atoms with E-state index in [0.29, 0.717) is 24.2 Å². The Kier molecular flexibility index (Phi) is 4.66. The zero-order valence-electron chi connectivity index (χ0n) is 12.8. The molecular weight excluding hydrogens is 290 g/mol. The second-order valence-corrected chi connectivity index (χ2v) is 5.64. The SMILES string of the molecule is O=C(NC1CCN(C(=O)c2ccncc2)CC1)c1ccccc1. The van der Waals surface area contributed by atoms with Gasteiger partial charge in [0, 0.05) is 42.7 Å². The van der Waals surface area contributed by atoms with Crippen molar-refractivity contribution in [1.29, 1.82) is 0 Å². The highest BCUT2D eigenvalue weighted by Gasteiger charge is 2.24. The molecule has 3 rings (SSSR count). The Labute approximate surface area is 135 Å². The van der Waals surface area contributed by atoms with E-state index in [1.165, 1.54) is 0 Å². The zero-order chi connectivity index (χ0) is 16.1. The van der Waals surface area contributed by atoms with Gasteiger partial charge in [0.05, 0.1) is 0 Å². The smallest absolute Gasteiger partial charge is 0.253 e. The standard InChI is InChI=1S/C18H19N3O2/c22-17(14-4-2-1-3-5-14)20-16-8-12-21(13-9-16)18(23)15-6-10-19-11-7-15/h1-7,10-11,16H,8-9,12-13H2,(H,20,22). The minimum Gasteiger partial charge on any atom is -0.349 e. The lowest BCUT2D eigenvalue weighted by Crippen LogP contribution is -2.46. The fraction of sp³-hybridized carbons (Fsp3) is 0.278. The van der Waals surface area contributed by atoms with E-state index in [1.54, 1.807) is 36.7 Å². The molecule has 0 atom stereocenters. The Hall–Kier alpha value is -2.69. The van der Waals surface area contributed by atoms with Crippen LogP contribution in [-0.2, 0) is 0 Å². The first-order valence-corrected chi connectivity index (χ1v) is 7.79. The molecule has 1 saturated heterocycles. The molecule has 0 unspecified atom stereocenters. The van der Waals surface area contributed by atoms with Crippen molar-refractivity contribution in [2.24, 2.45) is 0 Å². The van der Waals surface area contributed by atoms with Crippen LogP contribution in [0.1, 0.15) is 33.6 Å². The number of carbonyl (C=O) groups excluding carboxylic acids is 2. The van der Waals surface area contributed by atoms with Gasteiger partial charge in [0.1, 0.15) is 0 Å². The van der Waals surface area contributed by atoms with Crippen molar-refractivity contribution in [2.75, 3.05) is 13.1 Å². The molecule has 1 aliphatic rings. The van der Waals surface area contributed by atoms with Crippen LogP contribution < -0.4 is 5.32 Å². The molecule has 0 bridgehead atoms. The summed E-state index contributed by atoms with van der Waals surface area (Å²) in [6.45, 7) is 1.31. The molecule has 5 heteroatoms. The van der Waals surface area contributed by atoms with Crippen LogP contribution in [0, 0.1) is 0 Å². The van der Waals surface area contributed by atoms with Gasteiger partial charge in [-0.15, -0.1) is 0 Å². The topological polar surface area (TPSA) is 62.3 Å². The van der Waals surface area contributed by atoms with Gasteiger partial charge in [-0.3, -0.25) is 14.6 Å². The number of nitrogens with one attached hydrogen (secondary N) is 1. The van der Waals surface area contributed by atoms with Crippen molar-refractivity contribution in [1.82, 2.24) is 15.2 Å². The van der Waals surface area contributed by atoms with Crippen molar-refractivity contribution in [2.45, 2.75) is 18.9 Å². The number of hydrogen-bond acceptors (Lipinski definition) is 3. The fourth-order valence-electron chi connectivity index (χ4n) is 2.76. The molecule has 2 heterocycles. The van der Waals surface area contributed by atoms with E-state index in [-0.39, 0.29) is 17.9 Å². The molecule has 118 valence electrons. The lowest BCUT2D eigenvalue weighted by atomic mass is 10.0. The first kappa shape index (κ1) is 15.2. The Balaban J connectivity index is 1.53. The second kappa shape index (κ2) is 7.05. The van der Waals surface area contributed by atoms with Crippen molar-refractivity contribution in [3.8, 4) is 0 Å². The van der Waals surface area contributed by atoms with Crippen molar-refractivity contribution >= 4 is 11.8 Å². The zero-order valence-corrected chi connectivity index (χ0v) is 12.8. The Morgan fingerprint density at radius 3 is 2.26 bits per heavy atom. The van der Waals surface area contributed by atoms with Gasteiger partial charge in [0.2, 0.25) is 0 Å². The van der Waals surface area contributed by atoms with Crippen molar-refractivity contribution in [3.63, 3.8) is 0 Å². The maximum atomic E-state index is 12.4. The Morgan fingerprint density at radius 2 is 1.61 bits per heavy atom. The Morgan fingerprint density at radius 1 is 0.957 bits per heavy atom. The van der Waals surface area contributed by atoms with Crippen LogP contribution in [0.4, 0.5) is 0 Å². The number of benzene rings is 1. The van der Waals surface area contributed by atoms with Crippen LogP contribution in [0.25, 0.3) is 0 Å². The summed E-state index contributed by atoms with van der Waals surface area (Å²) < 4.78 is 0. The molecule has 5 nitrogen and oxygen atoms in total. The summed E-state index contributed by atoms with van der Waals surface area (Å²) >= 11 is 0. The van der Waals surface area contributed by atoms with E-state index in [4.69, 9.17) is 0 Å². The third-order valence-corrected chi connectivity index (χ3v) is 4.08. The summed E-state index contributed by atoms with van der Waals surface area (Å²) in [6, 6.07) is 12.8. The molecule has 1 aromatic heterocycles. The van der Waals surface area contributed by atoms with Crippen LogP contribution in [-0.4, -0.2) is 40.8 Å². The summed E-state index contributed by atoms with van der Waals surface area (Å²) in [4.78, 5) is 30.3. The molecule has 0 aliphatic carbocycles. The van der Waals surface area contributed by atoms with E-state index in [1.807, 2.05) is 23.1 Å². The molecule has 1 aliphatic heterocycles.